The summed E-state index contributed by atoms with van der Waals surface area (Å²) in [4.78, 5) is 37.0. The summed E-state index contributed by atoms with van der Waals surface area (Å²) in [6.07, 6.45) is 1.64. The molecule has 0 saturated carbocycles. The topological polar surface area (TPSA) is 84.9 Å². The van der Waals surface area contributed by atoms with Crippen LogP contribution in [0.4, 0.5) is 4.79 Å². The van der Waals surface area contributed by atoms with E-state index in [2.05, 4.69) is 5.32 Å². The van der Waals surface area contributed by atoms with Crippen molar-refractivity contribution < 1.29 is 23.9 Å². The third-order valence-electron chi connectivity index (χ3n) is 3.74. The van der Waals surface area contributed by atoms with Crippen molar-refractivity contribution in [2.45, 2.75) is 78.0 Å². The van der Waals surface area contributed by atoms with Crippen LogP contribution in [-0.2, 0) is 19.1 Å². The first kappa shape index (κ1) is 20.3. The number of hydrogen-bond acceptors (Lipinski definition) is 5. The zero-order chi connectivity index (χ0) is 18.3. The van der Waals surface area contributed by atoms with E-state index in [0.717, 1.165) is 0 Å². The molecule has 7 heteroatoms. The number of esters is 1. The lowest BCUT2D eigenvalue weighted by Gasteiger charge is -2.40. The van der Waals surface area contributed by atoms with Crippen LogP contribution in [0.2, 0.25) is 0 Å². The molecular weight excluding hydrogens is 312 g/mol. The Morgan fingerprint density at radius 2 is 1.92 bits per heavy atom. The summed E-state index contributed by atoms with van der Waals surface area (Å²) >= 11 is 0. The summed E-state index contributed by atoms with van der Waals surface area (Å²) in [5.41, 5.74) is -0.572. The van der Waals surface area contributed by atoms with Crippen LogP contribution in [0.25, 0.3) is 0 Å². The molecular formula is C17H30N2O5. The summed E-state index contributed by atoms with van der Waals surface area (Å²) in [6, 6.07) is -0.150. The number of nitrogens with zero attached hydrogens (tertiary/aromatic N) is 1. The second-order valence-electron chi connectivity index (χ2n) is 7.09. The van der Waals surface area contributed by atoms with Gasteiger partial charge in [-0.2, -0.15) is 0 Å². The largest absolute Gasteiger partial charge is 0.466 e. The molecule has 1 saturated heterocycles. The summed E-state index contributed by atoms with van der Waals surface area (Å²) < 4.78 is 10.4. The van der Waals surface area contributed by atoms with Gasteiger partial charge < -0.3 is 19.7 Å². The normalized spacial score (nSPS) is 21.1. The van der Waals surface area contributed by atoms with Crippen LogP contribution in [-0.4, -0.2) is 53.7 Å². The van der Waals surface area contributed by atoms with Gasteiger partial charge in [0.15, 0.2) is 0 Å². The first-order valence-electron chi connectivity index (χ1n) is 8.54. The molecule has 2 amide bonds. The quantitative estimate of drug-likeness (QED) is 0.775. The van der Waals surface area contributed by atoms with E-state index in [9.17, 15) is 14.4 Å². The van der Waals surface area contributed by atoms with Gasteiger partial charge in [0.1, 0.15) is 5.60 Å². The SMILES string of the molecule is CCOC(=O)CC[C@H]1C[C@H](NC(C)=O)CCN1C(=O)OC(C)(C)C. The summed E-state index contributed by atoms with van der Waals surface area (Å²) in [5, 5.41) is 2.90. The van der Waals surface area contributed by atoms with E-state index in [1.54, 1.807) is 11.8 Å². The smallest absolute Gasteiger partial charge is 0.410 e. The highest BCUT2D eigenvalue weighted by atomic mass is 16.6. The molecule has 0 radical (unpaired) electrons. The lowest BCUT2D eigenvalue weighted by molar-refractivity contribution is -0.143. The molecule has 1 aliphatic heterocycles. The van der Waals surface area contributed by atoms with Gasteiger partial charge in [0.2, 0.25) is 5.91 Å². The van der Waals surface area contributed by atoms with E-state index >= 15 is 0 Å². The zero-order valence-electron chi connectivity index (χ0n) is 15.4. The fourth-order valence-corrected chi connectivity index (χ4v) is 2.82. The molecule has 0 unspecified atom stereocenters. The van der Waals surface area contributed by atoms with Crippen molar-refractivity contribution in [3.63, 3.8) is 0 Å². The van der Waals surface area contributed by atoms with Crippen molar-refractivity contribution in [1.29, 1.82) is 0 Å². The molecule has 1 fully saturated rings. The number of ether oxygens (including phenoxy) is 2. The Morgan fingerprint density at radius 1 is 1.25 bits per heavy atom. The van der Waals surface area contributed by atoms with Gasteiger partial charge in [-0.3, -0.25) is 9.59 Å². The average molecular weight is 342 g/mol. The van der Waals surface area contributed by atoms with Gasteiger partial charge in [0.05, 0.1) is 6.61 Å². The lowest BCUT2D eigenvalue weighted by atomic mass is 9.94. The molecule has 7 nitrogen and oxygen atoms in total. The minimum Gasteiger partial charge on any atom is -0.466 e. The monoisotopic (exact) mass is 342 g/mol. The second kappa shape index (κ2) is 8.89. The van der Waals surface area contributed by atoms with Crippen LogP contribution < -0.4 is 5.32 Å². The van der Waals surface area contributed by atoms with Crippen LogP contribution in [0.3, 0.4) is 0 Å². The Labute approximate surface area is 144 Å². The van der Waals surface area contributed by atoms with Crippen LogP contribution >= 0.6 is 0 Å². The van der Waals surface area contributed by atoms with Crippen molar-refractivity contribution >= 4 is 18.0 Å². The van der Waals surface area contributed by atoms with Gasteiger partial charge in [0.25, 0.3) is 0 Å². The van der Waals surface area contributed by atoms with Crippen molar-refractivity contribution in [3.8, 4) is 0 Å². The van der Waals surface area contributed by atoms with Gasteiger partial charge in [-0.05, 0) is 47.0 Å². The molecule has 0 spiro atoms. The number of amides is 2. The fourth-order valence-electron chi connectivity index (χ4n) is 2.82. The maximum Gasteiger partial charge on any atom is 0.410 e. The van der Waals surface area contributed by atoms with Gasteiger partial charge in [0, 0.05) is 32.0 Å². The molecule has 0 aromatic rings. The standard InChI is InChI=1S/C17H30N2O5/c1-6-23-15(21)8-7-14-11-13(18-12(2)20)9-10-19(14)16(22)24-17(3,4)5/h13-14H,6-11H2,1-5H3,(H,18,20)/t13-,14+/m1/s1. The lowest BCUT2D eigenvalue weighted by Crippen LogP contribution is -2.52. The Bertz CT molecular complexity index is 458. The van der Waals surface area contributed by atoms with Gasteiger partial charge >= 0.3 is 12.1 Å². The Morgan fingerprint density at radius 3 is 2.46 bits per heavy atom. The molecule has 0 aromatic heterocycles. The maximum atomic E-state index is 12.4. The van der Waals surface area contributed by atoms with Crippen molar-refractivity contribution in [2.24, 2.45) is 0 Å². The molecule has 0 bridgehead atoms. The minimum atomic E-state index is -0.572. The van der Waals surface area contributed by atoms with E-state index in [1.807, 2.05) is 20.8 Å². The van der Waals surface area contributed by atoms with Crippen LogP contribution in [0.15, 0.2) is 0 Å². The molecule has 2 atom stereocenters. The zero-order valence-corrected chi connectivity index (χ0v) is 15.4. The highest BCUT2D eigenvalue weighted by Gasteiger charge is 2.34. The second-order valence-corrected chi connectivity index (χ2v) is 7.09. The summed E-state index contributed by atoms with van der Waals surface area (Å²) in [5.74, 6) is -0.363. The Hall–Kier alpha value is -1.79. The number of piperidine rings is 1. The fraction of sp³-hybridized carbons (Fsp3) is 0.824. The first-order valence-corrected chi connectivity index (χ1v) is 8.54. The minimum absolute atomic E-state index is 0.00776. The third kappa shape index (κ3) is 7.19. The Kier molecular flexibility index (Phi) is 7.51. The molecule has 1 aliphatic rings. The number of carbonyl (C=O) groups is 3. The van der Waals surface area contributed by atoms with Gasteiger partial charge in [-0.15, -0.1) is 0 Å². The highest BCUT2D eigenvalue weighted by molar-refractivity contribution is 5.73. The first-order chi connectivity index (χ1) is 11.1. The number of likely N-dealkylation sites (tertiary alicyclic amines) is 1. The number of rotatable bonds is 5. The Balaban J connectivity index is 2.73. The van der Waals surface area contributed by atoms with E-state index in [0.29, 0.717) is 32.4 Å². The van der Waals surface area contributed by atoms with Crippen LogP contribution in [0, 0.1) is 0 Å². The van der Waals surface area contributed by atoms with E-state index in [-0.39, 0.29) is 36.5 Å². The predicted octanol–water partition coefficient (Wildman–Crippen LogP) is 2.23. The average Bonchev–Trinajstić information content (AvgIpc) is 2.43. The molecule has 138 valence electrons. The molecule has 24 heavy (non-hydrogen) atoms. The maximum absolute atomic E-state index is 12.4. The van der Waals surface area contributed by atoms with Crippen LogP contribution in [0.1, 0.15) is 60.3 Å². The molecule has 1 rings (SSSR count). The summed E-state index contributed by atoms with van der Waals surface area (Å²) in [6.45, 7) is 9.54. The molecule has 0 aliphatic carbocycles. The van der Waals surface area contributed by atoms with E-state index in [1.165, 1.54) is 6.92 Å². The van der Waals surface area contributed by atoms with Crippen LogP contribution in [0.5, 0.6) is 0 Å². The number of nitrogens with one attached hydrogen (secondary N) is 1. The van der Waals surface area contributed by atoms with E-state index in [4.69, 9.17) is 9.47 Å². The highest BCUT2D eigenvalue weighted by Crippen LogP contribution is 2.24. The van der Waals surface area contributed by atoms with Crippen molar-refractivity contribution in [2.75, 3.05) is 13.2 Å². The molecule has 1 heterocycles. The number of hydrogen-bond donors (Lipinski definition) is 1. The molecule has 1 N–H and O–H groups in total. The van der Waals surface area contributed by atoms with Crippen molar-refractivity contribution in [1.82, 2.24) is 10.2 Å². The summed E-state index contributed by atoms with van der Waals surface area (Å²) in [7, 11) is 0. The predicted molar refractivity (Wildman–Crippen MR) is 89.4 cm³/mol. The number of carbonyl (C=O) groups excluding carboxylic acids is 3. The third-order valence-corrected chi connectivity index (χ3v) is 3.74. The van der Waals surface area contributed by atoms with Gasteiger partial charge in [-0.25, -0.2) is 4.79 Å². The van der Waals surface area contributed by atoms with Crippen molar-refractivity contribution in [3.05, 3.63) is 0 Å². The van der Waals surface area contributed by atoms with E-state index < -0.39 is 5.60 Å². The molecule has 0 aromatic carbocycles. The van der Waals surface area contributed by atoms with Gasteiger partial charge in [-0.1, -0.05) is 0 Å².